The van der Waals surface area contributed by atoms with Crippen LogP contribution >= 0.6 is 22.9 Å². The minimum atomic E-state index is -3.46. The lowest BCUT2D eigenvalue weighted by Crippen LogP contribution is -2.14. The normalized spacial score (nSPS) is 11.6. The Hall–Kier alpha value is -4.13. The predicted molar refractivity (Wildman–Crippen MR) is 179 cm³/mol. The summed E-state index contributed by atoms with van der Waals surface area (Å²) in [5.74, 6) is 1.03. The Morgan fingerprint density at radius 1 is 1.02 bits per heavy atom. The molecule has 5 rings (SSSR count). The van der Waals surface area contributed by atoms with Crippen LogP contribution in [-0.2, 0) is 42.1 Å². The number of carbonyl (C=O) groups is 1. The van der Waals surface area contributed by atoms with E-state index in [4.69, 9.17) is 21.3 Å². The first-order valence-corrected chi connectivity index (χ1v) is 17.9. The molecule has 2 N–H and O–H groups in total. The maximum Gasteiger partial charge on any atom is 0.255 e. The highest BCUT2D eigenvalue weighted by Crippen LogP contribution is 2.28. The van der Waals surface area contributed by atoms with E-state index in [1.165, 1.54) is 12.1 Å². The molecule has 0 saturated carbocycles. The van der Waals surface area contributed by atoms with Gasteiger partial charge in [0.05, 0.1) is 27.0 Å². The number of aromatic nitrogens is 5. The number of halogens is 1. The van der Waals surface area contributed by atoms with Crippen molar-refractivity contribution in [2.75, 3.05) is 11.1 Å². The van der Waals surface area contributed by atoms with Crippen molar-refractivity contribution in [3.63, 3.8) is 0 Å². The monoisotopic (exact) mass is 678 g/mol. The lowest BCUT2D eigenvalue weighted by Gasteiger charge is -2.14. The molecule has 0 saturated heterocycles. The van der Waals surface area contributed by atoms with Gasteiger partial charge in [0.25, 0.3) is 5.91 Å². The Balaban J connectivity index is 1.26. The first kappa shape index (κ1) is 33.2. The molecule has 5 aromatic rings. The second-order valence-electron chi connectivity index (χ2n) is 11.3. The largest absolute Gasteiger partial charge is 0.483 e. The van der Waals surface area contributed by atoms with Crippen LogP contribution in [-0.4, -0.2) is 45.7 Å². The van der Waals surface area contributed by atoms with E-state index in [2.05, 4.69) is 45.2 Å². The number of amides is 1. The van der Waals surface area contributed by atoms with E-state index in [1.807, 2.05) is 24.3 Å². The van der Waals surface area contributed by atoms with Crippen LogP contribution in [0.2, 0.25) is 5.02 Å². The molecule has 0 fully saturated rings. The molecule has 0 spiro atoms. The number of benzene rings is 3. The van der Waals surface area contributed by atoms with Crippen molar-refractivity contribution >= 4 is 44.4 Å². The maximum absolute atomic E-state index is 13.5. The van der Waals surface area contributed by atoms with Gasteiger partial charge in [-0.05, 0) is 91.3 Å². The van der Waals surface area contributed by atoms with E-state index in [0.717, 1.165) is 41.1 Å². The van der Waals surface area contributed by atoms with Crippen LogP contribution in [0.15, 0.2) is 77.0 Å². The lowest BCUT2D eigenvalue weighted by atomic mass is 10.1. The number of sulfone groups is 1. The van der Waals surface area contributed by atoms with Gasteiger partial charge in [-0.1, -0.05) is 48.9 Å². The van der Waals surface area contributed by atoms with E-state index in [-0.39, 0.29) is 23.2 Å². The van der Waals surface area contributed by atoms with E-state index in [9.17, 15) is 13.2 Å². The van der Waals surface area contributed by atoms with Crippen LogP contribution in [0.4, 0.5) is 5.69 Å². The summed E-state index contributed by atoms with van der Waals surface area (Å²) in [4.78, 5) is 18.5. The summed E-state index contributed by atoms with van der Waals surface area (Å²) < 4.78 is 31.5. The number of thiazole rings is 1. The van der Waals surface area contributed by atoms with Crippen molar-refractivity contribution in [3.05, 3.63) is 110 Å². The van der Waals surface area contributed by atoms with Gasteiger partial charge in [-0.25, -0.2) is 13.4 Å². The van der Waals surface area contributed by atoms with Crippen molar-refractivity contribution in [1.82, 2.24) is 25.6 Å². The number of carbonyl (C=O) groups excluding carboxylic acids is 1. The maximum atomic E-state index is 13.5. The molecule has 10 nitrogen and oxygen atoms in total. The Morgan fingerprint density at radius 3 is 2.59 bits per heavy atom. The number of aromatic amines is 1. The van der Waals surface area contributed by atoms with E-state index < -0.39 is 9.84 Å². The highest BCUT2D eigenvalue weighted by Gasteiger charge is 2.16. The first-order chi connectivity index (χ1) is 22.1. The van der Waals surface area contributed by atoms with Crippen molar-refractivity contribution in [3.8, 4) is 5.75 Å². The molecule has 0 aliphatic carbocycles. The number of anilines is 1. The summed E-state index contributed by atoms with van der Waals surface area (Å²) >= 11 is 7.59. The summed E-state index contributed by atoms with van der Waals surface area (Å²) in [6.45, 7) is 4.42. The molecule has 0 radical (unpaired) electrons. The zero-order valence-corrected chi connectivity index (χ0v) is 28.0. The third-order valence-electron chi connectivity index (χ3n) is 7.12. The topological polar surface area (TPSA) is 140 Å². The minimum absolute atomic E-state index is 0.0285. The highest BCUT2D eigenvalue weighted by molar-refractivity contribution is 7.91. The van der Waals surface area contributed by atoms with Crippen LogP contribution < -0.4 is 10.1 Å². The molecule has 2 heterocycles. The number of nitrogens with zero attached hydrogens (tertiary/aromatic N) is 4. The number of aryl methyl sites for hydroxylation is 3. The molecule has 13 heteroatoms. The van der Waals surface area contributed by atoms with E-state index in [0.29, 0.717) is 46.6 Å². The number of hydrogen-bond acceptors (Lipinski definition) is 9. The molecule has 0 unspecified atom stereocenters. The molecular formula is C33H35ClN6O4S2. The average Bonchev–Trinajstić information content (AvgIpc) is 3.72. The summed E-state index contributed by atoms with van der Waals surface area (Å²) in [5.41, 5.74) is 3.99. The molecular weight excluding hydrogens is 644 g/mol. The third-order valence-corrected chi connectivity index (χ3v) is 10.1. The van der Waals surface area contributed by atoms with Crippen LogP contribution in [0.3, 0.4) is 0 Å². The highest BCUT2D eigenvalue weighted by atomic mass is 35.5. The molecule has 2 aromatic heterocycles. The number of H-pyrrole nitrogens is 1. The summed E-state index contributed by atoms with van der Waals surface area (Å²) in [5, 5.41) is 20.5. The van der Waals surface area contributed by atoms with E-state index in [1.54, 1.807) is 41.7 Å². The fraction of sp³-hybridized carbons (Fsp3) is 0.303. The van der Waals surface area contributed by atoms with Gasteiger partial charge in [-0.2, -0.15) is 5.21 Å². The summed E-state index contributed by atoms with van der Waals surface area (Å²) in [7, 11) is -3.46. The van der Waals surface area contributed by atoms with Gasteiger partial charge in [-0.3, -0.25) is 4.79 Å². The van der Waals surface area contributed by atoms with Gasteiger partial charge in [0.1, 0.15) is 5.75 Å². The molecule has 46 heavy (non-hydrogen) atoms. The Bertz CT molecular complexity index is 1860. The second-order valence-corrected chi connectivity index (χ2v) is 14.8. The fourth-order valence-electron chi connectivity index (χ4n) is 4.86. The summed E-state index contributed by atoms with van der Waals surface area (Å²) in [6.07, 6.45) is 3.41. The van der Waals surface area contributed by atoms with Gasteiger partial charge >= 0.3 is 0 Å². The van der Waals surface area contributed by atoms with Crippen LogP contribution in [0, 0.1) is 5.92 Å². The Labute approximate surface area is 277 Å². The number of hydrogen-bond donors (Lipinski definition) is 2. The smallest absolute Gasteiger partial charge is 0.255 e. The van der Waals surface area contributed by atoms with E-state index >= 15 is 0 Å². The zero-order chi connectivity index (χ0) is 32.5. The van der Waals surface area contributed by atoms with Crippen LogP contribution in [0.5, 0.6) is 5.75 Å². The first-order valence-electron chi connectivity index (χ1n) is 14.9. The second kappa shape index (κ2) is 15.4. The Morgan fingerprint density at radius 2 is 1.83 bits per heavy atom. The van der Waals surface area contributed by atoms with Gasteiger partial charge in [0.15, 0.2) is 16.4 Å². The Kier molecular flexibility index (Phi) is 11.2. The zero-order valence-electron chi connectivity index (χ0n) is 25.6. The van der Waals surface area contributed by atoms with Gasteiger partial charge < -0.3 is 10.1 Å². The van der Waals surface area contributed by atoms with Crippen molar-refractivity contribution in [1.29, 1.82) is 0 Å². The number of ether oxygens (including phenoxy) is 1. The standard InChI is InChI=1S/C33H35ClN6O4S2/c1-22(2)17-27-21-45-32(35-27)15-9-23-5-3-7-25(18-23)33(41)36-29-19-24(8-14-30(29)44-20-31-37-39-40-38-31)6-4-16-46(42,43)28-12-10-26(34)11-13-28/h3,5,7-8,10-14,18-19,21-22H,4,6,9,15-17,20H2,1-2H3,(H,36,41)(H,37,38,39,40). The third kappa shape index (κ3) is 9.44. The molecule has 0 aliphatic heterocycles. The van der Waals surface area contributed by atoms with Gasteiger partial charge in [0.2, 0.25) is 5.82 Å². The SMILES string of the molecule is CC(C)Cc1csc(CCc2cccc(C(=O)Nc3cc(CCCS(=O)(=O)c4ccc(Cl)cc4)ccc3OCc3nn[nH]n3)c2)n1. The molecule has 240 valence electrons. The average molecular weight is 679 g/mol. The van der Waals surface area contributed by atoms with Crippen molar-refractivity contribution < 1.29 is 17.9 Å². The van der Waals surface area contributed by atoms with Gasteiger partial charge in [-0.15, -0.1) is 21.5 Å². The van der Waals surface area contributed by atoms with Crippen LogP contribution in [0.25, 0.3) is 0 Å². The van der Waals surface area contributed by atoms with Crippen molar-refractivity contribution in [2.24, 2.45) is 5.92 Å². The molecule has 1 amide bonds. The van der Waals surface area contributed by atoms with Gasteiger partial charge in [0, 0.05) is 22.4 Å². The molecule has 0 bridgehead atoms. The predicted octanol–water partition coefficient (Wildman–Crippen LogP) is 6.53. The number of rotatable bonds is 15. The molecule has 0 aliphatic rings. The molecule has 0 atom stereocenters. The van der Waals surface area contributed by atoms with Crippen LogP contribution in [0.1, 0.15) is 58.3 Å². The summed E-state index contributed by atoms with van der Waals surface area (Å²) in [6, 6.07) is 19.1. The van der Waals surface area contributed by atoms with Crippen molar-refractivity contribution in [2.45, 2.75) is 57.5 Å². The quantitative estimate of drug-likeness (QED) is 0.127. The number of nitrogens with one attached hydrogen (secondary N) is 2. The fourth-order valence-corrected chi connectivity index (χ4v) is 7.11. The number of tetrazole rings is 1. The molecule has 3 aromatic carbocycles. The lowest BCUT2D eigenvalue weighted by molar-refractivity contribution is 0.102. The minimum Gasteiger partial charge on any atom is -0.483 e.